The average molecular weight is 495 g/mol. The standard InChI is InChI=1S/C22H22ClF3N6S/c23-19-8-6-18(7-9-19)15-29-10-12-30(13-11-29)16-31-21(33)32(20(28-31)22(24,25)26)27-14-17-4-2-1-3-5-17/h1-9,14H,10-13,15-16H2/b27-14-. The zero-order valence-electron chi connectivity index (χ0n) is 17.6. The molecule has 2 heterocycles. The highest BCUT2D eigenvalue weighted by atomic mass is 35.5. The van der Waals surface area contributed by atoms with E-state index in [1.54, 1.807) is 24.3 Å². The van der Waals surface area contributed by atoms with Gasteiger partial charge in [-0.15, -0.1) is 5.10 Å². The third-order valence-corrected chi connectivity index (χ3v) is 5.95. The number of nitrogens with zero attached hydrogens (tertiary/aromatic N) is 6. The second kappa shape index (κ2) is 10.2. The lowest BCUT2D eigenvalue weighted by molar-refractivity contribution is -0.147. The predicted molar refractivity (Wildman–Crippen MR) is 124 cm³/mol. The summed E-state index contributed by atoms with van der Waals surface area (Å²) in [6, 6.07) is 16.6. The zero-order valence-corrected chi connectivity index (χ0v) is 19.2. The van der Waals surface area contributed by atoms with Crippen LogP contribution in [0.1, 0.15) is 17.0 Å². The lowest BCUT2D eigenvalue weighted by atomic mass is 10.2. The molecule has 0 saturated carbocycles. The number of alkyl halides is 3. The fourth-order valence-corrected chi connectivity index (χ4v) is 3.92. The van der Waals surface area contributed by atoms with Crippen molar-refractivity contribution in [3.05, 3.63) is 81.3 Å². The van der Waals surface area contributed by atoms with Crippen molar-refractivity contribution in [2.24, 2.45) is 5.10 Å². The Labute approximate surface area is 199 Å². The van der Waals surface area contributed by atoms with Crippen LogP contribution in [0, 0.1) is 4.77 Å². The van der Waals surface area contributed by atoms with Gasteiger partial charge in [-0.25, -0.2) is 4.68 Å². The van der Waals surface area contributed by atoms with Gasteiger partial charge in [-0.3, -0.25) is 9.80 Å². The van der Waals surface area contributed by atoms with Crippen molar-refractivity contribution < 1.29 is 13.2 Å². The summed E-state index contributed by atoms with van der Waals surface area (Å²) >= 11 is 11.2. The Bertz CT molecular complexity index is 1150. The minimum atomic E-state index is -4.68. The van der Waals surface area contributed by atoms with E-state index in [0.29, 0.717) is 28.4 Å². The third kappa shape index (κ3) is 6.08. The van der Waals surface area contributed by atoms with Crippen LogP contribution in [0.3, 0.4) is 0 Å². The van der Waals surface area contributed by atoms with Crippen molar-refractivity contribution >= 4 is 30.0 Å². The van der Waals surface area contributed by atoms with Crippen molar-refractivity contribution in [2.45, 2.75) is 19.4 Å². The van der Waals surface area contributed by atoms with Crippen LogP contribution in [0.4, 0.5) is 13.2 Å². The van der Waals surface area contributed by atoms with Gasteiger partial charge in [-0.1, -0.05) is 54.1 Å². The van der Waals surface area contributed by atoms with Gasteiger partial charge in [0.25, 0.3) is 5.82 Å². The summed E-state index contributed by atoms with van der Waals surface area (Å²) in [5, 5.41) is 8.42. The van der Waals surface area contributed by atoms with E-state index in [1.165, 1.54) is 16.5 Å². The minimum absolute atomic E-state index is 0.0990. The van der Waals surface area contributed by atoms with Gasteiger partial charge in [0, 0.05) is 37.7 Å². The monoisotopic (exact) mass is 494 g/mol. The number of aromatic nitrogens is 3. The highest BCUT2D eigenvalue weighted by molar-refractivity contribution is 7.71. The van der Waals surface area contributed by atoms with E-state index in [0.717, 1.165) is 19.6 Å². The van der Waals surface area contributed by atoms with Crippen LogP contribution in [0.25, 0.3) is 0 Å². The molecule has 1 aliphatic rings. The van der Waals surface area contributed by atoms with Crippen LogP contribution in [-0.4, -0.2) is 56.7 Å². The van der Waals surface area contributed by atoms with E-state index in [9.17, 15) is 13.2 Å². The lowest BCUT2D eigenvalue weighted by Gasteiger charge is -2.34. The molecule has 0 bridgehead atoms. The summed E-state index contributed by atoms with van der Waals surface area (Å²) in [6.45, 7) is 3.92. The molecule has 11 heteroatoms. The summed E-state index contributed by atoms with van der Waals surface area (Å²) in [5.41, 5.74) is 1.83. The third-order valence-electron chi connectivity index (χ3n) is 5.31. The summed E-state index contributed by atoms with van der Waals surface area (Å²) < 4.78 is 42.5. The molecule has 33 heavy (non-hydrogen) atoms. The number of halogens is 4. The van der Waals surface area contributed by atoms with Gasteiger partial charge in [-0.05, 0) is 35.5 Å². The molecule has 0 amide bonds. The van der Waals surface area contributed by atoms with Crippen molar-refractivity contribution in [1.82, 2.24) is 24.3 Å². The molecule has 0 spiro atoms. The molecule has 0 unspecified atom stereocenters. The van der Waals surface area contributed by atoms with Crippen LogP contribution >= 0.6 is 23.8 Å². The Morgan fingerprint density at radius 3 is 2.24 bits per heavy atom. The molecule has 2 aromatic carbocycles. The SMILES string of the molecule is FC(F)(F)c1nn(CN2CCN(Cc3ccc(Cl)cc3)CC2)c(=S)n1/N=C\c1ccccc1. The van der Waals surface area contributed by atoms with Gasteiger partial charge < -0.3 is 0 Å². The summed E-state index contributed by atoms with van der Waals surface area (Å²) in [6.07, 6.45) is -3.34. The first-order valence-electron chi connectivity index (χ1n) is 10.4. The summed E-state index contributed by atoms with van der Waals surface area (Å²) in [7, 11) is 0. The van der Waals surface area contributed by atoms with Gasteiger partial charge in [0.05, 0.1) is 12.9 Å². The molecule has 3 aromatic rings. The summed E-state index contributed by atoms with van der Waals surface area (Å²) in [4.78, 5) is 4.33. The molecule has 1 fully saturated rings. The van der Waals surface area contributed by atoms with Gasteiger partial charge in [0.2, 0.25) is 4.77 Å². The van der Waals surface area contributed by atoms with Crippen LogP contribution < -0.4 is 0 Å². The van der Waals surface area contributed by atoms with E-state index < -0.39 is 12.0 Å². The number of benzene rings is 2. The number of hydrogen-bond acceptors (Lipinski definition) is 5. The second-order valence-electron chi connectivity index (χ2n) is 7.73. The van der Waals surface area contributed by atoms with Crippen LogP contribution in [-0.2, 0) is 19.4 Å². The molecular weight excluding hydrogens is 473 g/mol. The lowest BCUT2D eigenvalue weighted by Crippen LogP contribution is -2.46. The van der Waals surface area contributed by atoms with E-state index in [4.69, 9.17) is 23.8 Å². The molecule has 174 valence electrons. The normalized spacial score (nSPS) is 16.0. The molecule has 0 atom stereocenters. The van der Waals surface area contributed by atoms with Gasteiger partial charge in [-0.2, -0.15) is 22.9 Å². The van der Waals surface area contributed by atoms with Crippen molar-refractivity contribution in [1.29, 1.82) is 0 Å². The molecule has 4 rings (SSSR count). The second-order valence-corrected chi connectivity index (χ2v) is 8.53. The molecule has 1 saturated heterocycles. The Balaban J connectivity index is 1.44. The Morgan fingerprint density at radius 1 is 0.970 bits per heavy atom. The molecule has 6 nitrogen and oxygen atoms in total. The maximum atomic E-state index is 13.6. The smallest absolute Gasteiger partial charge is 0.297 e. The predicted octanol–water partition coefficient (Wildman–Crippen LogP) is 4.74. The van der Waals surface area contributed by atoms with E-state index >= 15 is 0 Å². The first kappa shape index (κ1) is 23.6. The van der Waals surface area contributed by atoms with Gasteiger partial charge >= 0.3 is 6.18 Å². The quantitative estimate of drug-likeness (QED) is 0.366. The average Bonchev–Trinajstić information content (AvgIpc) is 3.11. The van der Waals surface area contributed by atoms with Crippen LogP contribution in [0.15, 0.2) is 59.7 Å². The van der Waals surface area contributed by atoms with Crippen LogP contribution in [0.2, 0.25) is 5.02 Å². The van der Waals surface area contributed by atoms with Crippen molar-refractivity contribution in [2.75, 3.05) is 26.2 Å². The maximum Gasteiger partial charge on any atom is 0.453 e. The topological polar surface area (TPSA) is 41.6 Å². The molecule has 0 N–H and O–H groups in total. The van der Waals surface area contributed by atoms with Crippen molar-refractivity contribution in [3.63, 3.8) is 0 Å². The Kier molecular flexibility index (Phi) is 7.28. The number of rotatable bonds is 6. The van der Waals surface area contributed by atoms with E-state index in [1.807, 2.05) is 35.2 Å². The highest BCUT2D eigenvalue weighted by Gasteiger charge is 2.39. The molecule has 1 aliphatic heterocycles. The number of hydrogen-bond donors (Lipinski definition) is 0. The molecule has 0 aliphatic carbocycles. The largest absolute Gasteiger partial charge is 0.453 e. The van der Waals surface area contributed by atoms with E-state index in [2.05, 4.69) is 15.1 Å². The van der Waals surface area contributed by atoms with E-state index in [-0.39, 0.29) is 11.4 Å². The zero-order chi connectivity index (χ0) is 23.4. The fourth-order valence-electron chi connectivity index (χ4n) is 3.56. The van der Waals surface area contributed by atoms with Gasteiger partial charge in [0.15, 0.2) is 0 Å². The van der Waals surface area contributed by atoms with Crippen LogP contribution in [0.5, 0.6) is 0 Å². The minimum Gasteiger partial charge on any atom is -0.297 e. The molecule has 1 aromatic heterocycles. The summed E-state index contributed by atoms with van der Waals surface area (Å²) in [5.74, 6) is -1.14. The maximum absolute atomic E-state index is 13.6. The fraction of sp³-hybridized carbons (Fsp3) is 0.318. The highest BCUT2D eigenvalue weighted by Crippen LogP contribution is 2.28. The number of piperazine rings is 1. The van der Waals surface area contributed by atoms with Crippen molar-refractivity contribution in [3.8, 4) is 0 Å². The Morgan fingerprint density at radius 2 is 1.61 bits per heavy atom. The first-order chi connectivity index (χ1) is 15.8. The Hall–Kier alpha value is -2.53. The molecular formula is C22H22ClF3N6S. The molecule has 0 radical (unpaired) electrons. The first-order valence-corrected chi connectivity index (χ1v) is 11.1. The van der Waals surface area contributed by atoms with Gasteiger partial charge in [0.1, 0.15) is 0 Å².